The molecule has 1 saturated heterocycles. The van der Waals surface area contributed by atoms with Crippen molar-refractivity contribution >= 4 is 59.4 Å². The zero-order valence-corrected chi connectivity index (χ0v) is 38.4. The molecule has 3 amide bonds. The molecule has 7 rings (SSSR count). The van der Waals surface area contributed by atoms with Crippen molar-refractivity contribution < 1.29 is 76.4 Å². The minimum absolute atomic E-state index is 0.00844. The predicted molar refractivity (Wildman–Crippen MR) is 230 cm³/mol. The molecule has 0 unspecified atom stereocenters. The standard InChI is InChI=1S/C44H55BrF2N3O14P/c1-41-14-13-27(51)16-30(41)31(46)17-29-28-18-35-44(34(53)22-62-65(59,60)61,42(28,2)19-33(52)43(29,41)47)64-40(63-35)25-7-3-23(4-8-25)15-24-5-9-26(10-6-24)49-39(58)32(11-12-38(56)57)50-37(55)21-48-36(54)20-45/h3-4,7-8,13-14,16,24,26,28-29,31-33,35,40,52,59-61H,5-6,9-12,15,17-22H2,1-2H3,(H3-,48,49,50,54,55,56,57,58)/p+1/t24?,26?,28-,29-,31-,32-,33-,35+,40+,41-,42-,43-,44+/m0/s1. The number of allylic oxidation sites excluding steroid dienone is 4. The number of halogens is 3. The number of fused-ring (bicyclic) bond motifs is 7. The number of hydrogen-bond donors (Lipinski definition) is 8. The van der Waals surface area contributed by atoms with Gasteiger partial charge in [0.15, 0.2) is 35.7 Å². The van der Waals surface area contributed by atoms with Crippen LogP contribution in [0.1, 0.15) is 89.1 Å². The summed E-state index contributed by atoms with van der Waals surface area (Å²) < 4.78 is 51.8. The van der Waals surface area contributed by atoms with E-state index in [0.29, 0.717) is 24.8 Å². The lowest BCUT2D eigenvalue weighted by atomic mass is 9.44. The normalized spacial score (nSPS) is 36.6. The van der Waals surface area contributed by atoms with E-state index in [0.717, 1.165) is 24.5 Å². The Hall–Kier alpha value is -3.59. The van der Waals surface area contributed by atoms with Crippen molar-refractivity contribution in [3.8, 4) is 0 Å². The van der Waals surface area contributed by atoms with E-state index >= 15 is 8.78 Å². The molecular weight excluding hydrogens is 943 g/mol. The van der Waals surface area contributed by atoms with Gasteiger partial charge in [-0.3, -0.25) is 28.8 Å². The number of carbonyl (C=O) groups excluding carboxylic acids is 5. The van der Waals surface area contributed by atoms with Crippen molar-refractivity contribution in [2.45, 2.75) is 126 Å². The average molecular weight is 1000 g/mol. The van der Waals surface area contributed by atoms with Crippen LogP contribution in [0.5, 0.6) is 0 Å². The van der Waals surface area contributed by atoms with Crippen LogP contribution in [0.2, 0.25) is 0 Å². The number of ketones is 2. The zero-order valence-electron chi connectivity index (χ0n) is 35.9. The molecule has 65 heavy (non-hydrogen) atoms. The van der Waals surface area contributed by atoms with Crippen molar-refractivity contribution in [3.05, 3.63) is 59.2 Å². The maximum Gasteiger partial charge on any atom is 0.567 e. The van der Waals surface area contributed by atoms with Gasteiger partial charge in [-0.1, -0.05) is 53.2 Å². The fourth-order valence-corrected chi connectivity index (χ4v) is 12.3. The summed E-state index contributed by atoms with van der Waals surface area (Å²) in [5.41, 5.74) is -6.00. The third-order valence-corrected chi connectivity index (χ3v) is 16.0. The molecule has 1 aromatic carbocycles. The van der Waals surface area contributed by atoms with Crippen LogP contribution in [0.3, 0.4) is 0 Å². The average Bonchev–Trinajstić information content (AvgIpc) is 3.75. The first-order valence-corrected chi connectivity index (χ1v) is 24.5. The summed E-state index contributed by atoms with van der Waals surface area (Å²) >= 11 is 2.98. The van der Waals surface area contributed by atoms with E-state index in [4.69, 9.17) is 14.0 Å². The minimum atomic E-state index is -4.90. The topological polar surface area (TPSA) is 267 Å². The number of carbonyl (C=O) groups is 6. The second-order valence-corrected chi connectivity index (χ2v) is 20.6. The Morgan fingerprint density at radius 2 is 1.71 bits per heavy atom. The summed E-state index contributed by atoms with van der Waals surface area (Å²) in [5, 5.41) is 28.9. The molecule has 5 aliphatic carbocycles. The number of aliphatic carboxylic acids is 1. The van der Waals surface area contributed by atoms with Gasteiger partial charge in [0.25, 0.3) is 0 Å². The van der Waals surface area contributed by atoms with E-state index in [9.17, 15) is 53.7 Å². The summed E-state index contributed by atoms with van der Waals surface area (Å²) in [6.07, 6.45) is 0.222. The highest BCUT2D eigenvalue weighted by molar-refractivity contribution is 9.09. The second-order valence-electron chi connectivity index (χ2n) is 18.7. The van der Waals surface area contributed by atoms with Crippen molar-refractivity contribution in [2.24, 2.45) is 28.6 Å². The lowest BCUT2D eigenvalue weighted by Gasteiger charge is -2.63. The molecule has 5 fully saturated rings. The lowest BCUT2D eigenvalue weighted by molar-refractivity contribution is -0.235. The smallest absolute Gasteiger partial charge is 0.481 e. The molecule has 4 saturated carbocycles. The molecule has 11 atom stereocenters. The Morgan fingerprint density at radius 1 is 1.02 bits per heavy atom. The van der Waals surface area contributed by atoms with E-state index in [-0.39, 0.29) is 61.5 Å². The SMILES string of the molecule is C[C@]12C=CC(=O)C=C1[C@@H](F)C[C@H]1[C@@H]3C[C@H]4O[C@@H](c5ccc(CC6CCC(NC(=O)[C@H](CCC(=O)O)NC(=O)CNC(=O)CBr)CC6)cc5)O[C@@]4(C(=O)CO[P+](O)(O)O)[C@@]3(C)C[C@H](O)[C@@]12F. The number of hydrogen-bond acceptors (Lipinski definition) is 13. The molecule has 356 valence electrons. The molecule has 8 N–H and O–H groups in total. The Kier molecular flexibility index (Phi) is 14.3. The van der Waals surface area contributed by atoms with Gasteiger partial charge < -0.3 is 35.6 Å². The van der Waals surface area contributed by atoms with Crippen LogP contribution in [0.4, 0.5) is 8.78 Å². The predicted octanol–water partition coefficient (Wildman–Crippen LogP) is 3.09. The monoisotopic (exact) mass is 998 g/mol. The molecule has 17 nitrogen and oxygen atoms in total. The number of aliphatic hydroxyl groups is 1. The third kappa shape index (κ3) is 9.36. The molecule has 1 aliphatic heterocycles. The summed E-state index contributed by atoms with van der Waals surface area (Å²) in [7, 11) is -4.90. The van der Waals surface area contributed by atoms with Gasteiger partial charge in [0.1, 0.15) is 12.2 Å². The molecule has 6 aliphatic rings. The Balaban J connectivity index is 1.01. The van der Waals surface area contributed by atoms with Crippen molar-refractivity contribution in [1.29, 1.82) is 0 Å². The van der Waals surface area contributed by atoms with Crippen LogP contribution in [0.25, 0.3) is 0 Å². The van der Waals surface area contributed by atoms with E-state index in [1.54, 1.807) is 19.1 Å². The number of benzene rings is 1. The van der Waals surface area contributed by atoms with Gasteiger partial charge in [-0.15, -0.1) is 4.52 Å². The van der Waals surface area contributed by atoms with Crippen LogP contribution >= 0.6 is 24.1 Å². The van der Waals surface area contributed by atoms with Gasteiger partial charge in [0.05, 0.1) is 24.1 Å². The minimum Gasteiger partial charge on any atom is -0.481 e. The molecule has 21 heteroatoms. The highest BCUT2D eigenvalue weighted by Gasteiger charge is 2.80. The molecular formula is C44H56BrF2N3O14P+. The van der Waals surface area contributed by atoms with E-state index in [1.165, 1.54) is 19.1 Å². The third-order valence-electron chi connectivity index (χ3n) is 15.0. The van der Waals surface area contributed by atoms with Crippen LogP contribution in [0, 0.1) is 28.6 Å². The zero-order chi connectivity index (χ0) is 47.3. The van der Waals surface area contributed by atoms with Crippen LogP contribution < -0.4 is 16.0 Å². The molecule has 1 aromatic rings. The number of aliphatic hydroxyl groups excluding tert-OH is 1. The first kappa shape index (κ1) is 49.3. The van der Waals surface area contributed by atoms with Crippen LogP contribution in [-0.2, 0) is 49.2 Å². The van der Waals surface area contributed by atoms with Gasteiger partial charge in [-0.25, -0.2) is 8.78 Å². The summed E-state index contributed by atoms with van der Waals surface area (Å²) in [4.78, 5) is 104. The number of rotatable bonds is 16. The highest BCUT2D eigenvalue weighted by atomic mass is 79.9. The molecule has 0 spiro atoms. The van der Waals surface area contributed by atoms with Crippen LogP contribution in [0.15, 0.2) is 48.1 Å². The quantitative estimate of drug-likeness (QED) is 0.0875. The number of ether oxygens (including phenoxy) is 2. The Bertz CT molecular complexity index is 2120. The van der Waals surface area contributed by atoms with Gasteiger partial charge in [-0.2, -0.15) is 14.7 Å². The maximum atomic E-state index is 17.9. The van der Waals surface area contributed by atoms with E-state index in [2.05, 4.69) is 31.9 Å². The number of Topliss-reactive ketones (excluding diaryl/α,β-unsaturated/α-hetero) is 1. The highest BCUT2D eigenvalue weighted by Crippen LogP contribution is 2.73. The van der Waals surface area contributed by atoms with Gasteiger partial charge in [0, 0.05) is 34.8 Å². The number of carboxylic acids is 1. The molecule has 1 heterocycles. The number of carboxylic acid groups (broad SMARTS) is 1. The largest absolute Gasteiger partial charge is 0.567 e. The van der Waals surface area contributed by atoms with Gasteiger partial charge in [0.2, 0.25) is 17.7 Å². The fourth-order valence-electron chi connectivity index (χ4n) is 11.8. The lowest BCUT2D eigenvalue weighted by Crippen LogP contribution is -2.70. The number of alkyl halides is 3. The first-order chi connectivity index (χ1) is 30.5. The Labute approximate surface area is 382 Å². The van der Waals surface area contributed by atoms with Gasteiger partial charge in [-0.05, 0) is 99.8 Å². The number of nitrogens with one attached hydrogen (secondary N) is 3. The van der Waals surface area contributed by atoms with E-state index < -0.39 is 115 Å². The molecule has 0 aromatic heterocycles. The number of amides is 3. The van der Waals surface area contributed by atoms with Gasteiger partial charge >= 0.3 is 14.1 Å². The van der Waals surface area contributed by atoms with Crippen LogP contribution in [-0.4, -0.2) is 120 Å². The first-order valence-electron chi connectivity index (χ1n) is 21.8. The summed E-state index contributed by atoms with van der Waals surface area (Å²) in [5.74, 6) is -5.69. The Morgan fingerprint density at radius 3 is 2.35 bits per heavy atom. The van der Waals surface area contributed by atoms with Crippen molar-refractivity contribution in [2.75, 3.05) is 18.5 Å². The summed E-state index contributed by atoms with van der Waals surface area (Å²) in [6.45, 7) is 1.74. The molecule has 0 bridgehead atoms. The van der Waals surface area contributed by atoms with Crippen molar-refractivity contribution in [1.82, 2.24) is 16.0 Å². The maximum absolute atomic E-state index is 17.9. The molecule has 0 radical (unpaired) electrons. The van der Waals surface area contributed by atoms with Crippen molar-refractivity contribution in [3.63, 3.8) is 0 Å². The summed E-state index contributed by atoms with van der Waals surface area (Å²) in [6, 6.07) is 6.06. The second kappa shape index (κ2) is 18.8. The van der Waals surface area contributed by atoms with E-state index in [1.807, 2.05) is 12.1 Å². The fraction of sp³-hybridized carbons (Fsp3) is 0.636.